The minimum absolute atomic E-state index is 0.231. The lowest BCUT2D eigenvalue weighted by atomic mass is 10.2. The van der Waals surface area contributed by atoms with E-state index in [-0.39, 0.29) is 6.61 Å². The van der Waals surface area contributed by atoms with Crippen LogP contribution < -0.4 is 0 Å². The van der Waals surface area contributed by atoms with Gasteiger partial charge in [-0.2, -0.15) is 0 Å². The first-order valence-corrected chi connectivity index (χ1v) is 4.61. The molecule has 0 aliphatic heterocycles. The maximum absolute atomic E-state index is 10.2. The molecule has 0 aliphatic rings. The molecule has 0 aromatic heterocycles. The predicted molar refractivity (Wildman–Crippen MR) is 59.9 cm³/mol. The number of hydrogen-bond acceptors (Lipinski definition) is 2. The van der Waals surface area contributed by atoms with Gasteiger partial charge in [0.1, 0.15) is 0 Å². The number of aliphatic hydroxyl groups excluding tert-OH is 1. The number of rotatable bonds is 3. The van der Waals surface area contributed by atoms with Crippen LogP contribution in [0.1, 0.15) is 23.7 Å². The van der Waals surface area contributed by atoms with Crippen LogP contribution in [-0.2, 0) is 0 Å². The van der Waals surface area contributed by atoms with E-state index in [9.17, 15) is 4.79 Å². The fourth-order valence-electron chi connectivity index (χ4n) is 0.772. The lowest BCUT2D eigenvalue weighted by Gasteiger charge is -1.88. The highest BCUT2D eigenvalue weighted by molar-refractivity contribution is 5.87. The highest BCUT2D eigenvalue weighted by Crippen LogP contribution is 1.96. The van der Waals surface area contributed by atoms with Crippen LogP contribution in [-0.4, -0.2) is 22.8 Å². The Morgan fingerprint density at radius 3 is 2.07 bits per heavy atom. The summed E-state index contributed by atoms with van der Waals surface area (Å²) in [5.41, 5.74) is 1.37. The fraction of sp³-hybridized carbons (Fsp3) is 0.250. The number of benzene rings is 1. The number of aliphatic hydroxyl groups is 1. The zero-order chi connectivity index (χ0) is 11.7. The predicted octanol–water partition coefficient (Wildman–Crippen LogP) is 2.33. The van der Waals surface area contributed by atoms with Crippen LogP contribution in [0.4, 0.5) is 0 Å². The lowest BCUT2D eigenvalue weighted by Crippen LogP contribution is -1.93. The average Bonchev–Trinajstić information content (AvgIpc) is 2.20. The Morgan fingerprint density at radius 1 is 1.33 bits per heavy atom. The second kappa shape index (κ2) is 7.76. The van der Waals surface area contributed by atoms with Gasteiger partial charge in [-0.3, -0.25) is 0 Å². The summed E-state index contributed by atoms with van der Waals surface area (Å²) in [4.78, 5) is 10.2. The molecule has 0 atom stereocenters. The van der Waals surface area contributed by atoms with Gasteiger partial charge in [0.05, 0.1) is 5.56 Å². The second-order valence-corrected chi connectivity index (χ2v) is 3.10. The SMILES string of the molecule is C=C(C)CCO.O=C(O)c1ccccc1. The van der Waals surface area contributed by atoms with Crippen molar-refractivity contribution in [2.75, 3.05) is 6.61 Å². The molecule has 0 fully saturated rings. The van der Waals surface area contributed by atoms with E-state index in [4.69, 9.17) is 10.2 Å². The molecule has 0 amide bonds. The van der Waals surface area contributed by atoms with Gasteiger partial charge in [0.25, 0.3) is 0 Å². The molecule has 0 aliphatic carbocycles. The zero-order valence-electron chi connectivity index (χ0n) is 8.81. The van der Waals surface area contributed by atoms with Crippen LogP contribution in [0.5, 0.6) is 0 Å². The highest BCUT2D eigenvalue weighted by Gasteiger charge is 1.96. The molecule has 0 bridgehead atoms. The Kier molecular flexibility index (Phi) is 6.93. The Balaban J connectivity index is 0.000000288. The number of carboxylic acids is 1. The molecule has 82 valence electrons. The van der Waals surface area contributed by atoms with E-state index in [0.29, 0.717) is 5.56 Å². The van der Waals surface area contributed by atoms with Crippen molar-refractivity contribution in [1.82, 2.24) is 0 Å². The van der Waals surface area contributed by atoms with E-state index in [1.165, 1.54) is 0 Å². The van der Waals surface area contributed by atoms with Crippen LogP contribution in [0.25, 0.3) is 0 Å². The average molecular weight is 208 g/mol. The molecule has 3 heteroatoms. The monoisotopic (exact) mass is 208 g/mol. The van der Waals surface area contributed by atoms with Gasteiger partial charge in [0.15, 0.2) is 0 Å². The molecule has 3 nitrogen and oxygen atoms in total. The van der Waals surface area contributed by atoms with Crippen LogP contribution in [0, 0.1) is 0 Å². The molecule has 1 rings (SSSR count). The second-order valence-electron chi connectivity index (χ2n) is 3.10. The Labute approximate surface area is 89.7 Å². The van der Waals surface area contributed by atoms with Crippen LogP contribution >= 0.6 is 0 Å². The first kappa shape index (κ1) is 13.4. The van der Waals surface area contributed by atoms with Gasteiger partial charge in [-0.1, -0.05) is 23.8 Å². The Morgan fingerprint density at radius 2 is 1.87 bits per heavy atom. The van der Waals surface area contributed by atoms with Gasteiger partial charge in [-0.05, 0) is 25.5 Å². The van der Waals surface area contributed by atoms with E-state index < -0.39 is 5.97 Å². The zero-order valence-corrected chi connectivity index (χ0v) is 8.81. The van der Waals surface area contributed by atoms with Gasteiger partial charge < -0.3 is 10.2 Å². The molecule has 1 aromatic rings. The summed E-state index contributed by atoms with van der Waals surface area (Å²) in [5.74, 6) is -0.879. The number of carbonyl (C=O) groups is 1. The summed E-state index contributed by atoms with van der Waals surface area (Å²) >= 11 is 0. The largest absolute Gasteiger partial charge is 0.478 e. The number of hydrogen-bond donors (Lipinski definition) is 2. The standard InChI is InChI=1S/C7H6O2.C5H10O/c8-7(9)6-4-2-1-3-5-6;1-5(2)3-4-6/h1-5H,(H,8,9);6H,1,3-4H2,2H3. The summed E-state index contributed by atoms with van der Waals surface area (Å²) in [5, 5.41) is 16.6. The normalized spacial score (nSPS) is 8.67. The molecule has 1 aromatic carbocycles. The molecule has 0 saturated heterocycles. The van der Waals surface area contributed by atoms with Crippen molar-refractivity contribution in [3.8, 4) is 0 Å². The van der Waals surface area contributed by atoms with Crippen molar-refractivity contribution in [3.05, 3.63) is 48.0 Å². The molecule has 0 radical (unpaired) electrons. The molecule has 2 N–H and O–H groups in total. The van der Waals surface area contributed by atoms with Crippen molar-refractivity contribution in [3.63, 3.8) is 0 Å². The maximum atomic E-state index is 10.2. The number of carboxylic acid groups (broad SMARTS) is 1. The quantitative estimate of drug-likeness (QED) is 0.749. The minimum Gasteiger partial charge on any atom is -0.478 e. The molecular formula is C12H16O3. The minimum atomic E-state index is -0.879. The molecule has 15 heavy (non-hydrogen) atoms. The third-order valence-corrected chi connectivity index (χ3v) is 1.56. The van der Waals surface area contributed by atoms with E-state index in [1.807, 2.05) is 6.92 Å². The number of aromatic carboxylic acids is 1. The van der Waals surface area contributed by atoms with Gasteiger partial charge in [0.2, 0.25) is 0 Å². The summed E-state index contributed by atoms with van der Waals surface area (Å²) < 4.78 is 0. The van der Waals surface area contributed by atoms with Crippen molar-refractivity contribution >= 4 is 5.97 Å². The Bertz CT molecular complexity index is 304. The summed E-state index contributed by atoms with van der Waals surface area (Å²) in [6.45, 7) is 5.72. The highest BCUT2D eigenvalue weighted by atomic mass is 16.4. The van der Waals surface area contributed by atoms with E-state index in [2.05, 4.69) is 6.58 Å². The molecule has 0 heterocycles. The third-order valence-electron chi connectivity index (χ3n) is 1.56. The van der Waals surface area contributed by atoms with Crippen LogP contribution in [0.3, 0.4) is 0 Å². The van der Waals surface area contributed by atoms with Crippen molar-refractivity contribution in [2.24, 2.45) is 0 Å². The summed E-state index contributed by atoms with van der Waals surface area (Å²) in [7, 11) is 0. The summed E-state index contributed by atoms with van der Waals surface area (Å²) in [6.07, 6.45) is 0.736. The topological polar surface area (TPSA) is 57.5 Å². The van der Waals surface area contributed by atoms with Crippen molar-refractivity contribution in [2.45, 2.75) is 13.3 Å². The molecule has 0 saturated carbocycles. The van der Waals surface area contributed by atoms with Gasteiger partial charge >= 0.3 is 5.97 Å². The molecule has 0 spiro atoms. The molecule has 0 unspecified atom stereocenters. The van der Waals surface area contributed by atoms with Crippen LogP contribution in [0.2, 0.25) is 0 Å². The first-order valence-electron chi connectivity index (χ1n) is 4.61. The fourth-order valence-corrected chi connectivity index (χ4v) is 0.772. The molecular weight excluding hydrogens is 192 g/mol. The smallest absolute Gasteiger partial charge is 0.335 e. The maximum Gasteiger partial charge on any atom is 0.335 e. The third kappa shape index (κ3) is 7.46. The van der Waals surface area contributed by atoms with Crippen molar-refractivity contribution in [1.29, 1.82) is 0 Å². The lowest BCUT2D eigenvalue weighted by molar-refractivity contribution is 0.0697. The van der Waals surface area contributed by atoms with Crippen LogP contribution in [0.15, 0.2) is 42.5 Å². The summed E-state index contributed by atoms with van der Waals surface area (Å²) in [6, 6.07) is 8.30. The van der Waals surface area contributed by atoms with Gasteiger partial charge in [-0.15, -0.1) is 6.58 Å². The first-order chi connectivity index (χ1) is 7.07. The van der Waals surface area contributed by atoms with E-state index in [0.717, 1.165) is 12.0 Å². The Hall–Kier alpha value is -1.61. The van der Waals surface area contributed by atoms with E-state index in [1.54, 1.807) is 30.3 Å². The van der Waals surface area contributed by atoms with Crippen molar-refractivity contribution < 1.29 is 15.0 Å². The van der Waals surface area contributed by atoms with E-state index >= 15 is 0 Å². The van der Waals surface area contributed by atoms with Gasteiger partial charge in [-0.25, -0.2) is 4.79 Å². The van der Waals surface area contributed by atoms with Gasteiger partial charge in [0, 0.05) is 6.61 Å².